The third kappa shape index (κ3) is 3.65. The number of fused-ring (bicyclic) bond motifs is 1. The van der Waals surface area contributed by atoms with Gasteiger partial charge in [0.05, 0.1) is 18.1 Å². The Bertz CT molecular complexity index is 811. The number of aromatic nitrogens is 1. The molecule has 0 radical (unpaired) electrons. The number of thiazole rings is 1. The second kappa shape index (κ2) is 6.85. The molecule has 8 heteroatoms. The summed E-state index contributed by atoms with van der Waals surface area (Å²) in [6, 6.07) is 5.97. The van der Waals surface area contributed by atoms with Crippen LogP contribution in [0.3, 0.4) is 0 Å². The standard InChI is InChI=1S/C16H23N3O3S2/c1-18(24(3,20)21)11-12-7-9-19(10-8-12)16-17-15-13(22-2)5-4-6-14(15)23-16/h4-6,12H,7-11H2,1-3H3. The van der Waals surface area contributed by atoms with E-state index in [-0.39, 0.29) is 0 Å². The lowest BCUT2D eigenvalue weighted by atomic mass is 9.97. The number of anilines is 1. The van der Waals surface area contributed by atoms with Crippen molar-refractivity contribution in [3.05, 3.63) is 18.2 Å². The summed E-state index contributed by atoms with van der Waals surface area (Å²) in [5.74, 6) is 1.21. The third-order valence-electron chi connectivity index (χ3n) is 4.56. The van der Waals surface area contributed by atoms with Gasteiger partial charge in [0, 0.05) is 26.7 Å². The fourth-order valence-corrected chi connectivity index (χ4v) is 4.53. The van der Waals surface area contributed by atoms with Gasteiger partial charge in [-0.25, -0.2) is 17.7 Å². The molecule has 0 bridgehead atoms. The summed E-state index contributed by atoms with van der Waals surface area (Å²) >= 11 is 1.68. The van der Waals surface area contributed by atoms with Crippen LogP contribution in [0.5, 0.6) is 5.75 Å². The van der Waals surface area contributed by atoms with Gasteiger partial charge in [0.2, 0.25) is 10.0 Å². The molecule has 1 aromatic heterocycles. The van der Waals surface area contributed by atoms with E-state index in [1.165, 1.54) is 10.6 Å². The van der Waals surface area contributed by atoms with Gasteiger partial charge in [-0.3, -0.25) is 0 Å². The van der Waals surface area contributed by atoms with E-state index in [4.69, 9.17) is 9.72 Å². The van der Waals surface area contributed by atoms with Crippen molar-refractivity contribution in [3.8, 4) is 5.75 Å². The molecule has 0 amide bonds. The topological polar surface area (TPSA) is 62.7 Å². The molecule has 1 aliphatic heterocycles. The maximum absolute atomic E-state index is 11.5. The predicted octanol–water partition coefficient (Wildman–Crippen LogP) is 2.41. The van der Waals surface area contributed by atoms with Crippen molar-refractivity contribution in [2.45, 2.75) is 12.8 Å². The van der Waals surface area contributed by atoms with E-state index in [2.05, 4.69) is 11.0 Å². The number of hydrogen-bond acceptors (Lipinski definition) is 6. The van der Waals surface area contributed by atoms with E-state index in [1.807, 2.05) is 12.1 Å². The Labute approximate surface area is 147 Å². The number of para-hydroxylation sites is 1. The summed E-state index contributed by atoms with van der Waals surface area (Å²) in [7, 11) is 0.221. The second-order valence-corrected chi connectivity index (χ2v) is 9.38. The number of nitrogens with zero attached hydrogens (tertiary/aromatic N) is 3. The van der Waals surface area contributed by atoms with Crippen molar-refractivity contribution < 1.29 is 13.2 Å². The van der Waals surface area contributed by atoms with E-state index < -0.39 is 10.0 Å². The third-order valence-corrected chi connectivity index (χ3v) is 6.92. The van der Waals surface area contributed by atoms with Crippen LogP contribution in [0.25, 0.3) is 10.2 Å². The first-order chi connectivity index (χ1) is 11.4. The van der Waals surface area contributed by atoms with Crippen molar-refractivity contribution in [2.24, 2.45) is 5.92 Å². The SMILES string of the molecule is COc1cccc2sc(N3CCC(CN(C)S(C)(=O)=O)CC3)nc12. The van der Waals surface area contributed by atoms with Crippen LogP contribution in [0.1, 0.15) is 12.8 Å². The monoisotopic (exact) mass is 369 g/mol. The molecule has 2 aromatic rings. The Morgan fingerprint density at radius 2 is 2.08 bits per heavy atom. The first-order valence-corrected chi connectivity index (χ1v) is 10.6. The lowest BCUT2D eigenvalue weighted by molar-refractivity contribution is 0.329. The highest BCUT2D eigenvalue weighted by molar-refractivity contribution is 7.88. The van der Waals surface area contributed by atoms with Crippen molar-refractivity contribution in [2.75, 3.05) is 44.9 Å². The molecule has 0 atom stereocenters. The number of sulfonamides is 1. The van der Waals surface area contributed by atoms with Gasteiger partial charge in [-0.05, 0) is 30.9 Å². The molecule has 132 valence electrons. The van der Waals surface area contributed by atoms with Crippen molar-refractivity contribution in [1.29, 1.82) is 0 Å². The highest BCUT2D eigenvalue weighted by Gasteiger charge is 2.25. The molecule has 0 aliphatic carbocycles. The van der Waals surface area contributed by atoms with Crippen LogP contribution in [0.15, 0.2) is 18.2 Å². The number of benzene rings is 1. The van der Waals surface area contributed by atoms with Gasteiger partial charge in [0.15, 0.2) is 5.13 Å². The van der Waals surface area contributed by atoms with Gasteiger partial charge in [-0.1, -0.05) is 17.4 Å². The van der Waals surface area contributed by atoms with Crippen LogP contribution >= 0.6 is 11.3 Å². The minimum Gasteiger partial charge on any atom is -0.494 e. The quantitative estimate of drug-likeness (QED) is 0.810. The van der Waals surface area contributed by atoms with Gasteiger partial charge in [-0.15, -0.1) is 0 Å². The number of hydrogen-bond donors (Lipinski definition) is 0. The molecule has 0 spiro atoms. The zero-order chi connectivity index (χ0) is 17.3. The minimum absolute atomic E-state index is 0.407. The fourth-order valence-electron chi connectivity index (χ4n) is 3.02. The largest absolute Gasteiger partial charge is 0.494 e. The zero-order valence-corrected chi connectivity index (χ0v) is 15.9. The number of methoxy groups -OCH3 is 1. The van der Waals surface area contributed by atoms with Gasteiger partial charge < -0.3 is 9.64 Å². The fraction of sp³-hybridized carbons (Fsp3) is 0.562. The van der Waals surface area contributed by atoms with Crippen molar-refractivity contribution in [3.63, 3.8) is 0 Å². The van der Waals surface area contributed by atoms with Crippen LogP contribution in [0.4, 0.5) is 5.13 Å². The summed E-state index contributed by atoms with van der Waals surface area (Å²) in [5.41, 5.74) is 0.916. The van der Waals surface area contributed by atoms with Crippen molar-refractivity contribution >= 4 is 36.7 Å². The molecule has 0 unspecified atom stereocenters. The Morgan fingerprint density at radius 3 is 2.71 bits per heavy atom. The maximum atomic E-state index is 11.5. The summed E-state index contributed by atoms with van der Waals surface area (Å²) in [4.78, 5) is 7.04. The zero-order valence-electron chi connectivity index (χ0n) is 14.2. The molecular formula is C16H23N3O3S2. The Morgan fingerprint density at radius 1 is 1.38 bits per heavy atom. The number of piperidine rings is 1. The lowest BCUT2D eigenvalue weighted by Gasteiger charge is -2.33. The molecule has 3 rings (SSSR count). The summed E-state index contributed by atoms with van der Waals surface area (Å²) in [5, 5.41) is 1.02. The van der Waals surface area contributed by atoms with Crippen LogP contribution in [-0.2, 0) is 10.0 Å². The smallest absolute Gasteiger partial charge is 0.210 e. The minimum atomic E-state index is -3.10. The molecular weight excluding hydrogens is 346 g/mol. The molecule has 1 fully saturated rings. The van der Waals surface area contributed by atoms with E-state index in [0.29, 0.717) is 12.5 Å². The van der Waals surface area contributed by atoms with Gasteiger partial charge in [0.25, 0.3) is 0 Å². The van der Waals surface area contributed by atoms with E-state index in [9.17, 15) is 8.42 Å². The van der Waals surface area contributed by atoms with Gasteiger partial charge in [0.1, 0.15) is 11.3 Å². The highest BCUT2D eigenvalue weighted by atomic mass is 32.2. The summed E-state index contributed by atoms with van der Waals surface area (Å²) in [6.45, 7) is 2.41. The summed E-state index contributed by atoms with van der Waals surface area (Å²) in [6.07, 6.45) is 3.22. The molecule has 0 N–H and O–H groups in total. The van der Waals surface area contributed by atoms with Gasteiger partial charge >= 0.3 is 0 Å². The summed E-state index contributed by atoms with van der Waals surface area (Å²) < 4.78 is 31.1. The average molecular weight is 370 g/mol. The van der Waals surface area contributed by atoms with E-state index in [0.717, 1.165) is 47.0 Å². The average Bonchev–Trinajstić information content (AvgIpc) is 2.98. The predicted molar refractivity (Wildman–Crippen MR) is 98.6 cm³/mol. The Hall–Kier alpha value is -1.38. The van der Waals surface area contributed by atoms with Gasteiger partial charge in [-0.2, -0.15) is 0 Å². The lowest BCUT2D eigenvalue weighted by Crippen LogP contribution is -2.39. The maximum Gasteiger partial charge on any atom is 0.210 e. The number of ether oxygens (including phenoxy) is 1. The van der Waals surface area contributed by atoms with Crippen molar-refractivity contribution in [1.82, 2.24) is 9.29 Å². The molecule has 1 saturated heterocycles. The van der Waals surface area contributed by atoms with Crippen LogP contribution in [-0.4, -0.2) is 57.8 Å². The van der Waals surface area contributed by atoms with E-state index in [1.54, 1.807) is 25.5 Å². The molecule has 1 aromatic carbocycles. The molecule has 24 heavy (non-hydrogen) atoms. The second-order valence-electron chi connectivity index (χ2n) is 6.28. The normalized spacial score (nSPS) is 16.9. The van der Waals surface area contributed by atoms with Crippen LogP contribution in [0.2, 0.25) is 0 Å². The highest BCUT2D eigenvalue weighted by Crippen LogP contribution is 2.35. The molecule has 0 saturated carbocycles. The number of rotatable bonds is 5. The van der Waals surface area contributed by atoms with E-state index >= 15 is 0 Å². The first kappa shape index (κ1) is 17.4. The molecule has 2 heterocycles. The van der Waals surface area contributed by atoms with Crippen LogP contribution < -0.4 is 9.64 Å². The Kier molecular flexibility index (Phi) is 4.98. The Balaban J connectivity index is 1.67. The molecule has 6 nitrogen and oxygen atoms in total. The molecule has 1 aliphatic rings. The first-order valence-electron chi connectivity index (χ1n) is 7.98. The van der Waals surface area contributed by atoms with Crippen LogP contribution in [0, 0.1) is 5.92 Å².